The molecule has 1 aromatic carbocycles. The molecule has 0 saturated heterocycles. The number of nitrogens with one attached hydrogen (secondary N) is 1. The van der Waals surface area contributed by atoms with Gasteiger partial charge in [0.25, 0.3) is 5.91 Å². The number of carbonyl (C=O) groups is 2. The molecule has 2 unspecified atom stereocenters. The molecule has 0 saturated carbocycles. The highest BCUT2D eigenvalue weighted by Gasteiger charge is 2.25. The zero-order valence-corrected chi connectivity index (χ0v) is 11.3. The molecule has 0 aliphatic rings. The van der Waals surface area contributed by atoms with Gasteiger partial charge in [0.05, 0.1) is 5.92 Å². The maximum Gasteiger partial charge on any atom is 0.308 e. The highest BCUT2D eigenvalue weighted by atomic mass is 16.5. The van der Waals surface area contributed by atoms with Gasteiger partial charge in [0, 0.05) is 13.2 Å². The minimum Gasteiger partial charge on any atom is -0.481 e. The van der Waals surface area contributed by atoms with Crippen LogP contribution in [-0.4, -0.2) is 30.1 Å². The summed E-state index contributed by atoms with van der Waals surface area (Å²) in [4.78, 5) is 22.9. The van der Waals surface area contributed by atoms with Crippen molar-refractivity contribution in [1.29, 1.82) is 0 Å². The zero-order valence-electron chi connectivity index (χ0n) is 11.3. The lowest BCUT2D eigenvalue weighted by molar-refractivity contribution is -0.142. The molecule has 1 amide bonds. The Balaban J connectivity index is 2.73. The number of carbonyl (C=O) groups excluding carboxylic acids is 1. The van der Waals surface area contributed by atoms with Crippen LogP contribution in [0.2, 0.25) is 0 Å². The Morgan fingerprint density at radius 1 is 1.21 bits per heavy atom. The van der Waals surface area contributed by atoms with Gasteiger partial charge in [0.2, 0.25) is 0 Å². The van der Waals surface area contributed by atoms with Crippen molar-refractivity contribution < 1.29 is 19.4 Å². The number of amides is 1. The van der Waals surface area contributed by atoms with Gasteiger partial charge in [-0.15, -0.1) is 0 Å². The summed E-state index contributed by atoms with van der Waals surface area (Å²) in [5.41, 5.74) is 0.734. The van der Waals surface area contributed by atoms with E-state index < -0.39 is 24.0 Å². The molecule has 5 nitrogen and oxygen atoms in total. The number of aliphatic carboxylic acids is 1. The number of hydrogen-bond acceptors (Lipinski definition) is 3. The molecule has 0 fully saturated rings. The summed E-state index contributed by atoms with van der Waals surface area (Å²) in [6.45, 7) is 3.21. The summed E-state index contributed by atoms with van der Waals surface area (Å²) in [5.74, 6) is -1.94. The predicted octanol–water partition coefficient (Wildman–Crippen LogP) is 1.60. The topological polar surface area (TPSA) is 75.6 Å². The van der Waals surface area contributed by atoms with Crippen LogP contribution in [0.3, 0.4) is 0 Å². The average Bonchev–Trinajstić information content (AvgIpc) is 2.39. The first-order chi connectivity index (χ1) is 8.97. The summed E-state index contributed by atoms with van der Waals surface area (Å²) in [5, 5.41) is 11.6. The maximum atomic E-state index is 12.1. The number of hydrogen-bond donors (Lipinski definition) is 2. The van der Waals surface area contributed by atoms with Crippen LogP contribution in [0.4, 0.5) is 0 Å². The third-order valence-electron chi connectivity index (χ3n) is 3.09. The number of benzene rings is 1. The Labute approximate surface area is 112 Å². The van der Waals surface area contributed by atoms with Gasteiger partial charge in [-0.2, -0.15) is 0 Å². The van der Waals surface area contributed by atoms with Crippen molar-refractivity contribution in [1.82, 2.24) is 5.32 Å². The Bertz CT molecular complexity index is 432. The summed E-state index contributed by atoms with van der Waals surface area (Å²) in [6, 6.07) is 8.60. The number of methoxy groups -OCH3 is 1. The van der Waals surface area contributed by atoms with Crippen LogP contribution in [0.15, 0.2) is 30.3 Å². The summed E-state index contributed by atoms with van der Waals surface area (Å²) >= 11 is 0. The fraction of sp³-hybridized carbons (Fsp3) is 0.429. The second-order valence-electron chi connectivity index (χ2n) is 4.45. The Morgan fingerprint density at radius 3 is 2.26 bits per heavy atom. The van der Waals surface area contributed by atoms with E-state index in [4.69, 9.17) is 9.84 Å². The third kappa shape index (κ3) is 4.06. The normalized spacial score (nSPS) is 15.3. The van der Waals surface area contributed by atoms with E-state index in [0.717, 1.165) is 5.56 Å². The SMILES string of the molecule is CO[C@@H](C(=O)NC(C)C(C)C(=O)O)c1ccccc1. The minimum absolute atomic E-state index is 0.339. The maximum absolute atomic E-state index is 12.1. The average molecular weight is 265 g/mol. The van der Waals surface area contributed by atoms with Crippen molar-refractivity contribution in [2.45, 2.75) is 26.0 Å². The molecular formula is C14H19NO4. The van der Waals surface area contributed by atoms with Gasteiger partial charge in [-0.25, -0.2) is 0 Å². The molecular weight excluding hydrogens is 246 g/mol. The fourth-order valence-electron chi connectivity index (χ4n) is 1.66. The van der Waals surface area contributed by atoms with Gasteiger partial charge in [0.1, 0.15) is 0 Å². The number of carboxylic acid groups (broad SMARTS) is 1. The molecule has 0 aromatic heterocycles. The molecule has 104 valence electrons. The monoisotopic (exact) mass is 265 g/mol. The van der Waals surface area contributed by atoms with E-state index in [1.54, 1.807) is 26.0 Å². The number of rotatable bonds is 6. The van der Waals surface area contributed by atoms with Gasteiger partial charge in [-0.1, -0.05) is 30.3 Å². The molecule has 0 radical (unpaired) electrons. The number of carboxylic acids is 1. The van der Waals surface area contributed by atoms with Crippen molar-refractivity contribution in [2.75, 3.05) is 7.11 Å². The third-order valence-corrected chi connectivity index (χ3v) is 3.09. The Hall–Kier alpha value is -1.88. The van der Waals surface area contributed by atoms with Gasteiger partial charge in [-0.05, 0) is 19.4 Å². The van der Waals surface area contributed by atoms with Gasteiger partial charge >= 0.3 is 5.97 Å². The van der Waals surface area contributed by atoms with E-state index >= 15 is 0 Å². The predicted molar refractivity (Wildman–Crippen MR) is 70.6 cm³/mol. The molecule has 0 bridgehead atoms. The molecule has 1 aromatic rings. The van der Waals surface area contributed by atoms with Crippen molar-refractivity contribution in [3.8, 4) is 0 Å². The van der Waals surface area contributed by atoms with Crippen molar-refractivity contribution in [2.24, 2.45) is 5.92 Å². The van der Waals surface area contributed by atoms with Gasteiger partial charge in [0.15, 0.2) is 6.10 Å². The quantitative estimate of drug-likeness (QED) is 0.819. The minimum atomic E-state index is -0.943. The smallest absolute Gasteiger partial charge is 0.308 e. The second-order valence-corrected chi connectivity index (χ2v) is 4.45. The van der Waals surface area contributed by atoms with Gasteiger partial charge in [-0.3, -0.25) is 9.59 Å². The summed E-state index contributed by atoms with van der Waals surface area (Å²) < 4.78 is 5.18. The molecule has 1 rings (SSSR count). The van der Waals surface area contributed by atoms with E-state index in [2.05, 4.69) is 5.32 Å². The molecule has 0 aliphatic carbocycles. The first-order valence-electron chi connectivity index (χ1n) is 6.08. The van der Waals surface area contributed by atoms with Crippen molar-refractivity contribution in [3.05, 3.63) is 35.9 Å². The van der Waals surface area contributed by atoms with Crippen LogP contribution in [0.5, 0.6) is 0 Å². The van der Waals surface area contributed by atoms with Crippen LogP contribution in [-0.2, 0) is 14.3 Å². The van der Waals surface area contributed by atoms with E-state index in [1.807, 2.05) is 18.2 Å². The van der Waals surface area contributed by atoms with Gasteiger partial charge < -0.3 is 15.2 Å². The highest BCUT2D eigenvalue weighted by Crippen LogP contribution is 2.17. The first-order valence-corrected chi connectivity index (χ1v) is 6.08. The van der Waals surface area contributed by atoms with Crippen LogP contribution >= 0.6 is 0 Å². The van der Waals surface area contributed by atoms with Crippen molar-refractivity contribution in [3.63, 3.8) is 0 Å². The van der Waals surface area contributed by atoms with Crippen LogP contribution < -0.4 is 5.32 Å². The largest absolute Gasteiger partial charge is 0.481 e. The zero-order chi connectivity index (χ0) is 14.4. The number of ether oxygens (including phenoxy) is 1. The van der Waals surface area contributed by atoms with E-state index in [0.29, 0.717) is 0 Å². The van der Waals surface area contributed by atoms with Crippen molar-refractivity contribution >= 4 is 11.9 Å². The summed E-state index contributed by atoms with van der Waals surface area (Å²) in [7, 11) is 1.45. The van der Waals surface area contributed by atoms with E-state index in [-0.39, 0.29) is 5.91 Å². The lowest BCUT2D eigenvalue weighted by Crippen LogP contribution is -2.42. The van der Waals surface area contributed by atoms with E-state index in [1.165, 1.54) is 7.11 Å². The highest BCUT2D eigenvalue weighted by molar-refractivity contribution is 5.83. The molecule has 3 atom stereocenters. The fourth-order valence-corrected chi connectivity index (χ4v) is 1.66. The Morgan fingerprint density at radius 2 is 1.79 bits per heavy atom. The molecule has 2 N–H and O–H groups in total. The van der Waals surface area contributed by atoms with Crippen LogP contribution in [0.1, 0.15) is 25.5 Å². The lowest BCUT2D eigenvalue weighted by atomic mass is 10.0. The molecule has 19 heavy (non-hydrogen) atoms. The summed E-state index contributed by atoms with van der Waals surface area (Å²) in [6.07, 6.45) is -0.732. The van der Waals surface area contributed by atoms with E-state index in [9.17, 15) is 9.59 Å². The molecule has 0 spiro atoms. The van der Waals surface area contributed by atoms with Crippen LogP contribution in [0.25, 0.3) is 0 Å². The molecule has 0 heterocycles. The molecule has 0 aliphatic heterocycles. The standard InChI is InChI=1S/C14H19NO4/c1-9(14(17)18)10(2)15-13(16)12(19-3)11-7-5-4-6-8-11/h4-10,12H,1-3H3,(H,15,16)(H,17,18)/t9?,10?,12-/m1/s1. The Kier molecular flexibility index (Phi) is 5.51. The second kappa shape index (κ2) is 6.89. The molecule has 5 heteroatoms. The lowest BCUT2D eigenvalue weighted by Gasteiger charge is -2.21. The van der Waals surface area contributed by atoms with Crippen LogP contribution in [0, 0.1) is 5.92 Å². The first kappa shape index (κ1) is 15.2.